The Kier molecular flexibility index (Phi) is 4.85. The molecule has 1 aliphatic carbocycles. The molecule has 1 saturated carbocycles. The maximum Gasteiger partial charge on any atom is 0.275 e. The van der Waals surface area contributed by atoms with Crippen molar-refractivity contribution < 1.29 is 4.79 Å². The lowest BCUT2D eigenvalue weighted by atomic mass is 9.80. The Morgan fingerprint density at radius 3 is 2.63 bits per heavy atom. The molecule has 1 fully saturated rings. The van der Waals surface area contributed by atoms with Crippen molar-refractivity contribution in [2.75, 3.05) is 18.6 Å². The second-order valence-corrected chi connectivity index (χ2v) is 8.37. The number of halogens is 2. The number of fused-ring (bicyclic) bond motifs is 1. The molecule has 0 saturated heterocycles. The molecule has 1 amide bonds. The zero-order chi connectivity index (χ0) is 19.3. The number of imidazole rings is 1. The number of amides is 1. The molecule has 1 aromatic carbocycles. The molecule has 1 aromatic heterocycles. The minimum Gasteiger partial charge on any atom is -0.322 e. The quantitative estimate of drug-likeness (QED) is 0.691. The third-order valence-corrected chi connectivity index (χ3v) is 6.42. The van der Waals surface area contributed by atoms with Crippen molar-refractivity contribution >= 4 is 40.6 Å². The molecular formula is C20H24Cl2N4O. The molecule has 0 N–H and O–H groups in total. The molecule has 0 radical (unpaired) electrons. The Morgan fingerprint density at radius 1 is 1.30 bits per heavy atom. The van der Waals surface area contributed by atoms with Gasteiger partial charge in [-0.25, -0.2) is 4.98 Å². The van der Waals surface area contributed by atoms with Crippen molar-refractivity contribution in [1.29, 1.82) is 0 Å². The summed E-state index contributed by atoms with van der Waals surface area (Å²) in [6.07, 6.45) is 4.49. The highest BCUT2D eigenvalue weighted by Gasteiger charge is 2.38. The van der Waals surface area contributed by atoms with E-state index in [4.69, 9.17) is 28.2 Å². The van der Waals surface area contributed by atoms with Crippen molar-refractivity contribution in [3.63, 3.8) is 0 Å². The van der Waals surface area contributed by atoms with Crippen LogP contribution in [0.2, 0.25) is 10.0 Å². The van der Waals surface area contributed by atoms with Crippen molar-refractivity contribution in [2.45, 2.75) is 45.6 Å². The molecule has 1 aliphatic heterocycles. The summed E-state index contributed by atoms with van der Waals surface area (Å²) >= 11 is 12.5. The van der Waals surface area contributed by atoms with Gasteiger partial charge in [0.05, 0.1) is 17.4 Å². The smallest absolute Gasteiger partial charge is 0.275 e. The lowest BCUT2D eigenvalue weighted by Gasteiger charge is -2.37. The molecule has 5 nitrogen and oxygen atoms in total. The van der Waals surface area contributed by atoms with Gasteiger partial charge in [-0.1, -0.05) is 36.5 Å². The summed E-state index contributed by atoms with van der Waals surface area (Å²) < 4.78 is 2.17. The van der Waals surface area contributed by atoms with E-state index in [9.17, 15) is 4.79 Å². The third-order valence-electron chi connectivity index (χ3n) is 5.88. The fourth-order valence-corrected chi connectivity index (χ4v) is 4.60. The van der Waals surface area contributed by atoms with Crippen LogP contribution in [0.4, 0.5) is 11.5 Å². The van der Waals surface area contributed by atoms with Crippen molar-refractivity contribution in [3.05, 3.63) is 39.8 Å². The average Bonchev–Trinajstić information content (AvgIpc) is 2.97. The number of aromatic nitrogens is 2. The third kappa shape index (κ3) is 3.01. The normalized spacial score (nSPS) is 18.5. The largest absolute Gasteiger partial charge is 0.322 e. The molecule has 1 unspecified atom stereocenters. The van der Waals surface area contributed by atoms with Gasteiger partial charge in [-0.15, -0.1) is 0 Å². The van der Waals surface area contributed by atoms with E-state index in [-0.39, 0.29) is 11.9 Å². The highest BCUT2D eigenvalue weighted by Crippen LogP contribution is 2.42. The predicted molar refractivity (Wildman–Crippen MR) is 109 cm³/mol. The van der Waals surface area contributed by atoms with Crippen LogP contribution >= 0.6 is 23.2 Å². The zero-order valence-corrected chi connectivity index (χ0v) is 17.4. The van der Waals surface area contributed by atoms with E-state index in [0.717, 1.165) is 17.9 Å². The van der Waals surface area contributed by atoms with E-state index in [2.05, 4.69) is 18.4 Å². The van der Waals surface area contributed by atoms with Crippen molar-refractivity contribution in [3.8, 4) is 0 Å². The number of hydrogen-bond donors (Lipinski definition) is 0. The molecule has 27 heavy (non-hydrogen) atoms. The van der Waals surface area contributed by atoms with E-state index in [1.807, 2.05) is 24.1 Å². The van der Waals surface area contributed by atoms with E-state index in [1.165, 1.54) is 19.3 Å². The Balaban J connectivity index is 1.87. The summed E-state index contributed by atoms with van der Waals surface area (Å²) in [5.74, 6) is 2.29. The van der Waals surface area contributed by atoms with Gasteiger partial charge in [0.1, 0.15) is 5.82 Å². The zero-order valence-electron chi connectivity index (χ0n) is 15.9. The van der Waals surface area contributed by atoms with Gasteiger partial charge >= 0.3 is 0 Å². The van der Waals surface area contributed by atoms with Gasteiger partial charge in [-0.2, -0.15) is 0 Å². The van der Waals surface area contributed by atoms with E-state index in [0.29, 0.717) is 34.1 Å². The molecule has 144 valence electrons. The van der Waals surface area contributed by atoms with Gasteiger partial charge in [-0.05, 0) is 43.9 Å². The molecule has 2 aromatic rings. The Hall–Kier alpha value is -1.72. The number of hydrogen-bond acceptors (Lipinski definition) is 3. The molecule has 0 bridgehead atoms. The van der Waals surface area contributed by atoms with Crippen LogP contribution in [0, 0.1) is 5.92 Å². The van der Waals surface area contributed by atoms with Crippen LogP contribution in [0.25, 0.3) is 0 Å². The number of benzene rings is 1. The van der Waals surface area contributed by atoms with Crippen LogP contribution in [0.3, 0.4) is 0 Å². The topological polar surface area (TPSA) is 41.4 Å². The van der Waals surface area contributed by atoms with E-state index >= 15 is 0 Å². The lowest BCUT2D eigenvalue weighted by molar-refractivity contribution is 0.0767. The fraction of sp³-hybridized carbons (Fsp3) is 0.500. The van der Waals surface area contributed by atoms with Crippen LogP contribution in [-0.2, 0) is 6.42 Å². The first-order valence-electron chi connectivity index (χ1n) is 9.51. The summed E-state index contributed by atoms with van der Waals surface area (Å²) in [7, 11) is 1.82. The highest BCUT2D eigenvalue weighted by atomic mass is 35.5. The summed E-state index contributed by atoms with van der Waals surface area (Å²) in [4.78, 5) is 21.7. The molecular weight excluding hydrogens is 383 g/mol. The number of nitrogens with zero attached hydrogens (tertiary/aromatic N) is 4. The first-order valence-corrected chi connectivity index (χ1v) is 10.3. The number of carbonyl (C=O) groups is 1. The Bertz CT molecular complexity index is 890. The molecule has 0 spiro atoms. The Labute approximate surface area is 169 Å². The standard InChI is InChI=1S/C20H24Cl2N4O/c1-4-17-23-19-18(26(17)12(2)13-6-5-7-13)20(27)24(3)11-25(19)16-9-8-14(21)10-15(16)22/h8-10,12-13H,4-7,11H2,1-3H3. The van der Waals surface area contributed by atoms with E-state index < -0.39 is 0 Å². The maximum atomic E-state index is 13.1. The first kappa shape index (κ1) is 18.6. The van der Waals surface area contributed by atoms with Crippen LogP contribution < -0.4 is 4.90 Å². The number of carbonyl (C=O) groups excluding carboxylic acids is 1. The van der Waals surface area contributed by atoms with Gasteiger partial charge in [0.15, 0.2) is 11.5 Å². The predicted octanol–water partition coefficient (Wildman–Crippen LogP) is 5.29. The molecule has 4 rings (SSSR count). The Morgan fingerprint density at radius 2 is 2.04 bits per heavy atom. The second kappa shape index (κ2) is 7.02. The second-order valence-electron chi connectivity index (χ2n) is 7.52. The van der Waals surface area contributed by atoms with Gasteiger partial charge in [0, 0.05) is 24.5 Å². The lowest BCUT2D eigenvalue weighted by Crippen LogP contribution is -2.43. The molecule has 1 atom stereocenters. The minimum absolute atomic E-state index is 0.0182. The number of rotatable bonds is 4. The summed E-state index contributed by atoms with van der Waals surface area (Å²) in [5, 5.41) is 1.14. The van der Waals surface area contributed by atoms with Crippen molar-refractivity contribution in [2.24, 2.45) is 5.92 Å². The van der Waals surface area contributed by atoms with Gasteiger partial charge < -0.3 is 14.4 Å². The number of anilines is 2. The van der Waals surface area contributed by atoms with Gasteiger partial charge in [0.2, 0.25) is 0 Å². The van der Waals surface area contributed by atoms with Crippen LogP contribution in [0.1, 0.15) is 55.5 Å². The van der Waals surface area contributed by atoms with Gasteiger partial charge in [-0.3, -0.25) is 4.79 Å². The highest BCUT2D eigenvalue weighted by molar-refractivity contribution is 6.36. The monoisotopic (exact) mass is 406 g/mol. The summed E-state index contributed by atoms with van der Waals surface area (Å²) in [6, 6.07) is 5.69. The summed E-state index contributed by atoms with van der Waals surface area (Å²) in [6.45, 7) is 4.71. The molecule has 2 heterocycles. The average molecular weight is 407 g/mol. The molecule has 2 aliphatic rings. The maximum absolute atomic E-state index is 13.1. The number of aryl methyl sites for hydroxylation is 1. The van der Waals surface area contributed by atoms with Crippen molar-refractivity contribution in [1.82, 2.24) is 14.5 Å². The van der Waals surface area contributed by atoms with Crippen LogP contribution in [0.5, 0.6) is 0 Å². The SMILES string of the molecule is CCc1nc2c(n1C(C)C1CCC1)C(=O)N(C)CN2c1ccc(Cl)cc1Cl. The fourth-order valence-electron chi connectivity index (χ4n) is 4.09. The van der Waals surface area contributed by atoms with Crippen LogP contribution in [-0.4, -0.2) is 34.1 Å². The van der Waals surface area contributed by atoms with E-state index in [1.54, 1.807) is 11.0 Å². The minimum atomic E-state index is 0.0182. The summed E-state index contributed by atoms with van der Waals surface area (Å²) in [5.41, 5.74) is 1.48. The van der Waals surface area contributed by atoms with Crippen LogP contribution in [0.15, 0.2) is 18.2 Å². The first-order chi connectivity index (χ1) is 12.9. The van der Waals surface area contributed by atoms with Gasteiger partial charge in [0.25, 0.3) is 5.91 Å². The molecule has 7 heteroatoms.